The van der Waals surface area contributed by atoms with Crippen molar-refractivity contribution in [3.8, 4) is 5.75 Å². The van der Waals surface area contributed by atoms with Gasteiger partial charge in [-0.1, -0.05) is 6.07 Å². The highest BCUT2D eigenvalue weighted by molar-refractivity contribution is 5.29. The molecule has 84 valence electrons. The minimum absolute atomic E-state index is 0.146. The van der Waals surface area contributed by atoms with Gasteiger partial charge in [-0.05, 0) is 17.7 Å². The first kappa shape index (κ1) is 11.8. The van der Waals surface area contributed by atoms with Crippen molar-refractivity contribution >= 4 is 0 Å². The molecule has 0 radical (unpaired) electrons. The molecule has 15 heavy (non-hydrogen) atoms. The fourth-order valence-corrected chi connectivity index (χ4v) is 1.15. The number of ether oxygens (including phenoxy) is 1. The average molecular weight is 219 g/mol. The Kier molecular flexibility index (Phi) is 4.42. The first-order valence-electron chi connectivity index (χ1n) is 4.44. The molecule has 0 aromatic heterocycles. The summed E-state index contributed by atoms with van der Waals surface area (Å²) >= 11 is 0. The summed E-state index contributed by atoms with van der Waals surface area (Å²) in [6, 6.07) is 4.35. The molecule has 0 aliphatic rings. The van der Waals surface area contributed by atoms with E-state index in [1.807, 2.05) is 0 Å². The van der Waals surface area contributed by atoms with E-state index in [-0.39, 0.29) is 12.3 Å². The van der Waals surface area contributed by atoms with E-state index in [2.05, 4.69) is 5.32 Å². The molecule has 0 aliphatic carbocycles. The van der Waals surface area contributed by atoms with Gasteiger partial charge in [0.2, 0.25) is 0 Å². The summed E-state index contributed by atoms with van der Waals surface area (Å²) in [5.41, 5.74) is 0.606. The third kappa shape index (κ3) is 3.79. The van der Waals surface area contributed by atoms with Gasteiger partial charge in [-0.3, -0.25) is 0 Å². The van der Waals surface area contributed by atoms with Crippen LogP contribution >= 0.6 is 0 Å². The van der Waals surface area contributed by atoms with Crippen LogP contribution in [0.1, 0.15) is 5.56 Å². The largest absolute Gasteiger partial charge is 0.494 e. The van der Waals surface area contributed by atoms with Gasteiger partial charge >= 0.3 is 0 Å². The summed E-state index contributed by atoms with van der Waals surface area (Å²) < 4.78 is 41.4. The molecule has 1 aromatic rings. The molecule has 0 unspecified atom stereocenters. The number of rotatable bonds is 5. The van der Waals surface area contributed by atoms with Crippen LogP contribution in [0.2, 0.25) is 0 Å². The van der Waals surface area contributed by atoms with E-state index in [0.717, 1.165) is 0 Å². The van der Waals surface area contributed by atoms with E-state index in [1.54, 1.807) is 6.07 Å². The lowest BCUT2D eigenvalue weighted by Crippen LogP contribution is -2.20. The maximum Gasteiger partial charge on any atom is 0.250 e. The highest BCUT2D eigenvalue weighted by atomic mass is 19.3. The second kappa shape index (κ2) is 5.60. The quantitative estimate of drug-likeness (QED) is 0.819. The average Bonchev–Trinajstić information content (AvgIpc) is 2.17. The molecule has 0 amide bonds. The van der Waals surface area contributed by atoms with E-state index >= 15 is 0 Å². The van der Waals surface area contributed by atoms with Crippen molar-refractivity contribution in [1.29, 1.82) is 0 Å². The molecular weight excluding hydrogens is 207 g/mol. The summed E-state index contributed by atoms with van der Waals surface area (Å²) in [7, 11) is 1.37. The highest BCUT2D eigenvalue weighted by Crippen LogP contribution is 2.17. The van der Waals surface area contributed by atoms with Crippen LogP contribution < -0.4 is 10.1 Å². The minimum atomic E-state index is -2.40. The van der Waals surface area contributed by atoms with Gasteiger partial charge in [-0.2, -0.15) is 0 Å². The van der Waals surface area contributed by atoms with E-state index in [4.69, 9.17) is 4.74 Å². The van der Waals surface area contributed by atoms with E-state index in [0.29, 0.717) is 5.56 Å². The Morgan fingerprint density at radius 3 is 2.67 bits per heavy atom. The maximum absolute atomic E-state index is 13.1. The predicted octanol–water partition coefficient (Wildman–Crippen LogP) is 2.19. The summed E-state index contributed by atoms with van der Waals surface area (Å²) in [4.78, 5) is 0. The first-order chi connectivity index (χ1) is 7.13. The van der Waals surface area contributed by atoms with Crippen molar-refractivity contribution < 1.29 is 17.9 Å². The Bertz CT molecular complexity index is 318. The smallest absolute Gasteiger partial charge is 0.250 e. The predicted molar refractivity (Wildman–Crippen MR) is 50.7 cm³/mol. The minimum Gasteiger partial charge on any atom is -0.494 e. The molecule has 5 heteroatoms. The molecule has 0 atom stereocenters. The standard InChI is InChI=1S/C10H12F3NO/c1-15-9-3-2-7(4-8(9)11)5-14-6-10(12)13/h2-4,10,14H,5-6H2,1H3. The number of hydrogen-bond acceptors (Lipinski definition) is 2. The summed E-state index contributed by atoms with van der Waals surface area (Å²) in [5, 5.41) is 2.51. The van der Waals surface area contributed by atoms with Gasteiger partial charge < -0.3 is 10.1 Å². The van der Waals surface area contributed by atoms with Crippen molar-refractivity contribution in [2.75, 3.05) is 13.7 Å². The Morgan fingerprint density at radius 1 is 1.40 bits per heavy atom. The third-order valence-electron chi connectivity index (χ3n) is 1.84. The number of methoxy groups -OCH3 is 1. The molecule has 0 saturated heterocycles. The van der Waals surface area contributed by atoms with E-state index < -0.39 is 18.8 Å². The molecule has 0 heterocycles. The second-order valence-electron chi connectivity index (χ2n) is 2.99. The lowest BCUT2D eigenvalue weighted by Gasteiger charge is -2.06. The van der Waals surface area contributed by atoms with E-state index in [9.17, 15) is 13.2 Å². The Labute approximate surface area is 86.1 Å². The first-order valence-corrected chi connectivity index (χ1v) is 4.44. The van der Waals surface area contributed by atoms with Gasteiger partial charge in [-0.15, -0.1) is 0 Å². The van der Waals surface area contributed by atoms with Crippen LogP contribution in [0.3, 0.4) is 0 Å². The number of halogens is 3. The molecule has 0 spiro atoms. The molecule has 0 fully saturated rings. The van der Waals surface area contributed by atoms with Crippen molar-refractivity contribution in [1.82, 2.24) is 5.32 Å². The number of benzene rings is 1. The lowest BCUT2D eigenvalue weighted by molar-refractivity contribution is 0.145. The molecule has 1 aromatic carbocycles. The number of hydrogen-bond donors (Lipinski definition) is 1. The van der Waals surface area contributed by atoms with Crippen molar-refractivity contribution in [2.45, 2.75) is 13.0 Å². The fourth-order valence-electron chi connectivity index (χ4n) is 1.15. The van der Waals surface area contributed by atoms with Crippen molar-refractivity contribution in [2.24, 2.45) is 0 Å². The highest BCUT2D eigenvalue weighted by Gasteiger charge is 2.04. The van der Waals surface area contributed by atoms with E-state index in [1.165, 1.54) is 19.2 Å². The van der Waals surface area contributed by atoms with Gasteiger partial charge in [-0.25, -0.2) is 13.2 Å². The Balaban J connectivity index is 2.52. The van der Waals surface area contributed by atoms with Crippen molar-refractivity contribution in [3.05, 3.63) is 29.6 Å². The zero-order chi connectivity index (χ0) is 11.3. The fraction of sp³-hybridized carbons (Fsp3) is 0.400. The van der Waals surface area contributed by atoms with Crippen LogP contribution in [0, 0.1) is 5.82 Å². The molecule has 1 N–H and O–H groups in total. The zero-order valence-corrected chi connectivity index (χ0v) is 8.27. The van der Waals surface area contributed by atoms with Gasteiger partial charge in [0, 0.05) is 6.54 Å². The third-order valence-corrected chi connectivity index (χ3v) is 1.84. The van der Waals surface area contributed by atoms with Crippen LogP contribution in [-0.2, 0) is 6.54 Å². The molecule has 1 rings (SSSR count). The maximum atomic E-state index is 13.1. The monoisotopic (exact) mass is 219 g/mol. The Morgan fingerprint density at radius 2 is 2.13 bits per heavy atom. The van der Waals surface area contributed by atoms with Gasteiger partial charge in [0.1, 0.15) is 0 Å². The van der Waals surface area contributed by atoms with Crippen LogP contribution in [0.25, 0.3) is 0 Å². The van der Waals surface area contributed by atoms with Crippen LogP contribution in [0.15, 0.2) is 18.2 Å². The summed E-state index contributed by atoms with van der Waals surface area (Å²) in [6.07, 6.45) is -2.40. The van der Waals surface area contributed by atoms with Gasteiger partial charge in [0.05, 0.1) is 13.7 Å². The number of nitrogens with one attached hydrogen (secondary N) is 1. The molecule has 0 saturated carbocycles. The second-order valence-corrected chi connectivity index (χ2v) is 2.99. The molecule has 0 aliphatic heterocycles. The SMILES string of the molecule is COc1ccc(CNCC(F)F)cc1F. The Hall–Kier alpha value is -1.23. The van der Waals surface area contributed by atoms with Gasteiger partial charge in [0.15, 0.2) is 11.6 Å². The van der Waals surface area contributed by atoms with Crippen LogP contribution in [0.5, 0.6) is 5.75 Å². The normalized spacial score (nSPS) is 10.7. The summed E-state index contributed by atoms with van der Waals surface area (Å²) in [5.74, 6) is -0.346. The van der Waals surface area contributed by atoms with Crippen LogP contribution in [-0.4, -0.2) is 20.1 Å². The molecule has 2 nitrogen and oxygen atoms in total. The molecule has 0 bridgehead atoms. The number of alkyl halides is 2. The van der Waals surface area contributed by atoms with Crippen molar-refractivity contribution in [3.63, 3.8) is 0 Å². The lowest BCUT2D eigenvalue weighted by atomic mass is 10.2. The summed E-state index contributed by atoms with van der Waals surface area (Å²) in [6.45, 7) is -0.182. The zero-order valence-electron chi connectivity index (χ0n) is 8.27. The van der Waals surface area contributed by atoms with Gasteiger partial charge in [0.25, 0.3) is 6.43 Å². The van der Waals surface area contributed by atoms with Crippen LogP contribution in [0.4, 0.5) is 13.2 Å². The molecular formula is C10H12F3NO. The topological polar surface area (TPSA) is 21.3 Å².